The van der Waals surface area contributed by atoms with Crippen LogP contribution in [0.4, 0.5) is 0 Å². The van der Waals surface area contributed by atoms with Crippen molar-refractivity contribution in [1.82, 2.24) is 10.6 Å². The molecule has 2 atom stereocenters. The van der Waals surface area contributed by atoms with Gasteiger partial charge in [0.15, 0.2) is 5.76 Å². The molecule has 114 valence electrons. The number of rotatable bonds is 6. The molecule has 0 radical (unpaired) electrons. The molecule has 7 nitrogen and oxygen atoms in total. The molecule has 0 saturated heterocycles. The Bertz CT molecular complexity index is 511. The number of carbonyl (C=O) groups excluding carboxylic acids is 2. The molecule has 0 bridgehead atoms. The molecule has 1 aliphatic carbocycles. The molecule has 3 N–H and O–H groups in total. The van der Waals surface area contributed by atoms with E-state index in [-0.39, 0.29) is 30.0 Å². The minimum absolute atomic E-state index is 0.0350. The number of amides is 2. The van der Waals surface area contributed by atoms with Crippen molar-refractivity contribution in [2.75, 3.05) is 13.1 Å². The zero-order valence-electron chi connectivity index (χ0n) is 11.5. The summed E-state index contributed by atoms with van der Waals surface area (Å²) >= 11 is 0. The minimum atomic E-state index is -0.808. The fourth-order valence-electron chi connectivity index (χ4n) is 2.57. The van der Waals surface area contributed by atoms with Crippen LogP contribution in [0.15, 0.2) is 22.8 Å². The molecule has 1 heterocycles. The molecule has 21 heavy (non-hydrogen) atoms. The van der Waals surface area contributed by atoms with Gasteiger partial charge in [-0.1, -0.05) is 6.42 Å². The Morgan fingerprint density at radius 1 is 1.29 bits per heavy atom. The molecule has 2 rings (SSSR count). The molecular weight excluding hydrogens is 276 g/mol. The number of carboxylic acid groups (broad SMARTS) is 1. The first-order valence-corrected chi connectivity index (χ1v) is 6.89. The maximum Gasteiger partial charge on any atom is 0.306 e. The van der Waals surface area contributed by atoms with Crippen LogP contribution in [0.25, 0.3) is 0 Å². The average Bonchev–Trinajstić information content (AvgIpc) is 3.12. The molecular formula is C14H18N2O5. The van der Waals surface area contributed by atoms with Gasteiger partial charge in [-0.2, -0.15) is 0 Å². The second kappa shape index (κ2) is 6.92. The van der Waals surface area contributed by atoms with E-state index in [1.165, 1.54) is 12.3 Å². The van der Waals surface area contributed by atoms with Crippen LogP contribution in [0.1, 0.15) is 29.8 Å². The van der Waals surface area contributed by atoms with E-state index in [4.69, 9.17) is 9.52 Å². The SMILES string of the molecule is O=C(CNC(=O)c1ccco1)NCC1CCCC1C(=O)O. The van der Waals surface area contributed by atoms with Crippen LogP contribution in [0.2, 0.25) is 0 Å². The lowest BCUT2D eigenvalue weighted by Crippen LogP contribution is -2.40. The van der Waals surface area contributed by atoms with Crippen molar-refractivity contribution in [3.05, 3.63) is 24.2 Å². The van der Waals surface area contributed by atoms with Gasteiger partial charge in [-0.3, -0.25) is 14.4 Å². The lowest BCUT2D eigenvalue weighted by molar-refractivity contribution is -0.143. The number of carboxylic acids is 1. The first-order chi connectivity index (χ1) is 10.1. The molecule has 0 aliphatic heterocycles. The second-order valence-corrected chi connectivity index (χ2v) is 5.10. The number of aliphatic carboxylic acids is 1. The quantitative estimate of drug-likeness (QED) is 0.713. The topological polar surface area (TPSA) is 109 Å². The Balaban J connectivity index is 1.70. The first kappa shape index (κ1) is 15.1. The second-order valence-electron chi connectivity index (χ2n) is 5.10. The van der Waals surface area contributed by atoms with E-state index < -0.39 is 11.9 Å². The van der Waals surface area contributed by atoms with Crippen LogP contribution < -0.4 is 10.6 Å². The van der Waals surface area contributed by atoms with Gasteiger partial charge in [-0.15, -0.1) is 0 Å². The van der Waals surface area contributed by atoms with Crippen molar-refractivity contribution in [3.8, 4) is 0 Å². The zero-order chi connectivity index (χ0) is 15.2. The predicted molar refractivity (Wildman–Crippen MR) is 72.5 cm³/mol. The third kappa shape index (κ3) is 4.08. The number of furan rings is 1. The fourth-order valence-corrected chi connectivity index (χ4v) is 2.57. The fraction of sp³-hybridized carbons (Fsp3) is 0.500. The van der Waals surface area contributed by atoms with E-state index in [0.29, 0.717) is 13.0 Å². The Labute approximate surface area is 121 Å². The number of hydrogen-bond donors (Lipinski definition) is 3. The van der Waals surface area contributed by atoms with Crippen LogP contribution in [0.3, 0.4) is 0 Å². The summed E-state index contributed by atoms with van der Waals surface area (Å²) < 4.78 is 4.90. The maximum atomic E-state index is 11.6. The van der Waals surface area contributed by atoms with Gasteiger partial charge in [0.25, 0.3) is 5.91 Å². The Kier molecular flexibility index (Phi) is 4.97. The number of nitrogens with one attached hydrogen (secondary N) is 2. The summed E-state index contributed by atoms with van der Waals surface area (Å²) in [6.07, 6.45) is 3.70. The molecule has 1 saturated carbocycles. The van der Waals surface area contributed by atoms with Crippen molar-refractivity contribution in [1.29, 1.82) is 0 Å². The summed E-state index contributed by atoms with van der Waals surface area (Å²) in [5.74, 6) is -1.89. The molecule has 0 spiro atoms. The van der Waals surface area contributed by atoms with Gasteiger partial charge in [0.05, 0.1) is 18.7 Å². The molecule has 1 fully saturated rings. The van der Waals surface area contributed by atoms with Crippen LogP contribution in [0.5, 0.6) is 0 Å². The van der Waals surface area contributed by atoms with Gasteiger partial charge in [0.2, 0.25) is 5.91 Å². The van der Waals surface area contributed by atoms with E-state index in [9.17, 15) is 14.4 Å². The van der Waals surface area contributed by atoms with Crippen LogP contribution in [0, 0.1) is 11.8 Å². The van der Waals surface area contributed by atoms with Crippen LogP contribution in [-0.2, 0) is 9.59 Å². The highest BCUT2D eigenvalue weighted by Crippen LogP contribution is 2.31. The normalized spacial score (nSPS) is 21.0. The molecule has 1 aromatic rings. The standard InChI is InChI=1S/C14H18N2O5/c17-12(8-16-13(18)11-5-2-6-21-11)15-7-9-3-1-4-10(9)14(19)20/h2,5-6,9-10H,1,3-4,7-8H2,(H,15,17)(H,16,18)(H,19,20). The van der Waals surface area contributed by atoms with E-state index >= 15 is 0 Å². The van der Waals surface area contributed by atoms with E-state index in [1.807, 2.05) is 0 Å². The van der Waals surface area contributed by atoms with Crippen LogP contribution >= 0.6 is 0 Å². The van der Waals surface area contributed by atoms with Crippen molar-refractivity contribution in [2.45, 2.75) is 19.3 Å². The first-order valence-electron chi connectivity index (χ1n) is 6.89. The van der Waals surface area contributed by atoms with E-state index in [2.05, 4.69) is 10.6 Å². The van der Waals surface area contributed by atoms with Crippen LogP contribution in [-0.4, -0.2) is 36.0 Å². The van der Waals surface area contributed by atoms with Crippen molar-refractivity contribution in [2.24, 2.45) is 11.8 Å². The highest BCUT2D eigenvalue weighted by atomic mass is 16.4. The Morgan fingerprint density at radius 3 is 2.76 bits per heavy atom. The number of hydrogen-bond acceptors (Lipinski definition) is 4. The summed E-state index contributed by atoms with van der Waals surface area (Å²) in [6.45, 7) is 0.163. The third-order valence-corrected chi connectivity index (χ3v) is 3.69. The zero-order valence-corrected chi connectivity index (χ0v) is 11.5. The highest BCUT2D eigenvalue weighted by Gasteiger charge is 2.32. The Hall–Kier alpha value is -2.31. The monoisotopic (exact) mass is 294 g/mol. The maximum absolute atomic E-state index is 11.6. The molecule has 2 amide bonds. The van der Waals surface area contributed by atoms with Gasteiger partial charge in [-0.25, -0.2) is 0 Å². The summed E-state index contributed by atoms with van der Waals surface area (Å²) in [6, 6.07) is 3.09. The van der Waals surface area contributed by atoms with Crippen molar-refractivity contribution in [3.63, 3.8) is 0 Å². The van der Waals surface area contributed by atoms with Gasteiger partial charge in [0.1, 0.15) is 0 Å². The summed E-state index contributed by atoms with van der Waals surface area (Å²) in [5.41, 5.74) is 0. The average molecular weight is 294 g/mol. The summed E-state index contributed by atoms with van der Waals surface area (Å²) in [7, 11) is 0. The lowest BCUT2D eigenvalue weighted by atomic mass is 9.96. The minimum Gasteiger partial charge on any atom is -0.481 e. The molecule has 0 aromatic carbocycles. The molecule has 2 unspecified atom stereocenters. The van der Waals surface area contributed by atoms with Gasteiger partial charge < -0.3 is 20.2 Å². The molecule has 1 aromatic heterocycles. The van der Waals surface area contributed by atoms with E-state index in [1.54, 1.807) is 6.07 Å². The van der Waals surface area contributed by atoms with Crippen molar-refractivity contribution >= 4 is 17.8 Å². The largest absolute Gasteiger partial charge is 0.481 e. The number of carbonyl (C=O) groups is 3. The predicted octanol–water partition coefficient (Wildman–Crippen LogP) is 0.626. The smallest absolute Gasteiger partial charge is 0.306 e. The van der Waals surface area contributed by atoms with E-state index in [0.717, 1.165) is 12.8 Å². The third-order valence-electron chi connectivity index (χ3n) is 3.69. The van der Waals surface area contributed by atoms with Gasteiger partial charge in [-0.05, 0) is 30.9 Å². The Morgan fingerprint density at radius 2 is 2.10 bits per heavy atom. The highest BCUT2D eigenvalue weighted by molar-refractivity contribution is 5.94. The lowest BCUT2D eigenvalue weighted by Gasteiger charge is -2.16. The van der Waals surface area contributed by atoms with Gasteiger partial charge >= 0.3 is 5.97 Å². The summed E-state index contributed by atoms with van der Waals surface area (Å²) in [5, 5.41) is 14.1. The van der Waals surface area contributed by atoms with Crippen molar-refractivity contribution < 1.29 is 23.9 Å². The summed E-state index contributed by atoms with van der Waals surface area (Å²) in [4.78, 5) is 34.2. The van der Waals surface area contributed by atoms with Gasteiger partial charge in [0, 0.05) is 6.54 Å². The molecule has 1 aliphatic rings. The molecule has 7 heteroatoms.